The zero-order chi connectivity index (χ0) is 9.61. The molecule has 0 aromatic carbocycles. The van der Waals surface area contributed by atoms with Crippen LogP contribution in [0.1, 0.15) is 6.92 Å². The van der Waals surface area contributed by atoms with Crippen molar-refractivity contribution in [2.24, 2.45) is 0 Å². The van der Waals surface area contributed by atoms with Crippen molar-refractivity contribution >= 4 is 0 Å². The molecule has 0 bridgehead atoms. The summed E-state index contributed by atoms with van der Waals surface area (Å²) in [7, 11) is 1.32. The van der Waals surface area contributed by atoms with Gasteiger partial charge in [-0.1, -0.05) is 0 Å². The van der Waals surface area contributed by atoms with Gasteiger partial charge in [-0.15, -0.1) is 0 Å². The topological polar surface area (TPSA) is 79.2 Å². The van der Waals surface area contributed by atoms with Gasteiger partial charge in [-0.25, -0.2) is 0 Å². The molecule has 0 fully saturated rings. The van der Waals surface area contributed by atoms with Crippen LogP contribution < -0.4 is 0 Å². The van der Waals surface area contributed by atoms with Gasteiger partial charge < -0.3 is 24.8 Å². The van der Waals surface area contributed by atoms with Gasteiger partial charge in [0.15, 0.2) is 0 Å². The first-order valence-electron chi connectivity index (χ1n) is 3.69. The summed E-state index contributed by atoms with van der Waals surface area (Å²) < 4.78 is 9.84. The van der Waals surface area contributed by atoms with Crippen molar-refractivity contribution in [3.8, 4) is 0 Å². The quantitative estimate of drug-likeness (QED) is 0.443. The van der Waals surface area contributed by atoms with Crippen molar-refractivity contribution < 1.29 is 24.8 Å². The van der Waals surface area contributed by atoms with E-state index in [-0.39, 0.29) is 6.61 Å². The predicted octanol–water partition coefficient (Wildman–Crippen LogP) is -1.29. The van der Waals surface area contributed by atoms with E-state index in [1.165, 1.54) is 7.11 Å². The van der Waals surface area contributed by atoms with Gasteiger partial charge in [0.25, 0.3) is 0 Å². The van der Waals surface area contributed by atoms with Gasteiger partial charge in [0, 0.05) is 7.11 Å². The van der Waals surface area contributed by atoms with Crippen LogP contribution in [0.25, 0.3) is 0 Å². The molecule has 12 heavy (non-hydrogen) atoms. The third kappa shape index (κ3) is 3.04. The Bertz CT molecular complexity index is 104. The minimum atomic E-state index is -1.40. The van der Waals surface area contributed by atoms with E-state index in [1.54, 1.807) is 6.92 Å². The molecule has 5 heteroatoms. The predicted molar refractivity (Wildman–Crippen MR) is 41.5 cm³/mol. The lowest BCUT2D eigenvalue weighted by Gasteiger charge is -2.30. The molecule has 3 N–H and O–H groups in total. The van der Waals surface area contributed by atoms with E-state index in [0.29, 0.717) is 0 Å². The van der Waals surface area contributed by atoms with Gasteiger partial charge in [-0.2, -0.15) is 0 Å². The van der Waals surface area contributed by atoms with Gasteiger partial charge >= 0.3 is 0 Å². The van der Waals surface area contributed by atoms with E-state index < -0.39 is 25.1 Å². The molecule has 0 aliphatic heterocycles. The highest BCUT2D eigenvalue weighted by Gasteiger charge is 2.31. The number of rotatable bonds is 6. The maximum absolute atomic E-state index is 8.83. The summed E-state index contributed by atoms with van der Waals surface area (Å²) in [6.07, 6.45) is -0.482. The number of aliphatic hydroxyl groups excluding tert-OH is 3. The molecular formula is C7H16O5. The number of hydrogen-bond donors (Lipinski definition) is 3. The average molecular weight is 180 g/mol. The average Bonchev–Trinajstić information content (AvgIpc) is 2.14. The fourth-order valence-electron chi connectivity index (χ4n) is 0.706. The van der Waals surface area contributed by atoms with Crippen molar-refractivity contribution in [1.82, 2.24) is 0 Å². The molecule has 5 nitrogen and oxygen atoms in total. The standard InChI is InChI=1S/C7H16O5/c1-6(3-8)12-7(4-9,5-10)11-2/h6,8-10H,3-5H2,1-2H3. The lowest BCUT2D eigenvalue weighted by molar-refractivity contribution is -0.278. The molecule has 0 saturated carbocycles. The van der Waals surface area contributed by atoms with Gasteiger partial charge in [0.05, 0.1) is 25.9 Å². The molecule has 0 aliphatic carbocycles. The third-order valence-corrected chi connectivity index (χ3v) is 1.53. The van der Waals surface area contributed by atoms with Crippen molar-refractivity contribution in [3.05, 3.63) is 0 Å². The number of methoxy groups -OCH3 is 1. The van der Waals surface area contributed by atoms with Crippen molar-refractivity contribution in [2.75, 3.05) is 26.9 Å². The van der Waals surface area contributed by atoms with Crippen molar-refractivity contribution in [3.63, 3.8) is 0 Å². The summed E-state index contributed by atoms with van der Waals surface area (Å²) in [6.45, 7) is 0.513. The maximum atomic E-state index is 8.83. The summed E-state index contributed by atoms with van der Waals surface area (Å²) in [5.74, 6) is -1.40. The second kappa shape index (κ2) is 5.45. The molecule has 0 amide bonds. The SMILES string of the molecule is COC(CO)(CO)OC(C)CO. The highest BCUT2D eigenvalue weighted by molar-refractivity contribution is 4.68. The largest absolute Gasteiger partial charge is 0.394 e. The zero-order valence-corrected chi connectivity index (χ0v) is 7.36. The van der Waals surface area contributed by atoms with Gasteiger partial charge in [0.1, 0.15) is 0 Å². The van der Waals surface area contributed by atoms with Crippen molar-refractivity contribution in [1.29, 1.82) is 0 Å². The smallest absolute Gasteiger partial charge is 0.215 e. The molecular weight excluding hydrogens is 164 g/mol. The van der Waals surface area contributed by atoms with Crippen LogP contribution in [0.5, 0.6) is 0 Å². The molecule has 1 unspecified atom stereocenters. The lowest BCUT2D eigenvalue weighted by atomic mass is 10.3. The summed E-state index contributed by atoms with van der Waals surface area (Å²) in [6, 6.07) is 0. The molecule has 0 saturated heterocycles. The molecule has 74 valence electrons. The molecule has 0 aromatic rings. The molecule has 0 aromatic heterocycles. The Morgan fingerprint density at radius 1 is 1.25 bits per heavy atom. The highest BCUT2D eigenvalue weighted by Crippen LogP contribution is 2.13. The van der Waals surface area contributed by atoms with Crippen molar-refractivity contribution in [2.45, 2.75) is 18.8 Å². The van der Waals surface area contributed by atoms with Crippen LogP contribution in [0.4, 0.5) is 0 Å². The normalized spacial score (nSPS) is 14.8. The Morgan fingerprint density at radius 3 is 2.00 bits per heavy atom. The summed E-state index contributed by atoms with van der Waals surface area (Å²) >= 11 is 0. The maximum Gasteiger partial charge on any atom is 0.215 e. The molecule has 1 atom stereocenters. The Balaban J connectivity index is 4.09. The second-order valence-electron chi connectivity index (χ2n) is 2.54. The Labute approximate surface area is 71.5 Å². The van der Waals surface area contributed by atoms with Crippen LogP contribution in [0, 0.1) is 0 Å². The highest BCUT2D eigenvalue weighted by atomic mass is 16.7. The summed E-state index contributed by atoms with van der Waals surface area (Å²) in [5.41, 5.74) is 0. The van der Waals surface area contributed by atoms with E-state index in [4.69, 9.17) is 24.8 Å². The first-order chi connectivity index (χ1) is 5.64. The molecule has 0 radical (unpaired) electrons. The lowest BCUT2D eigenvalue weighted by Crippen LogP contribution is -2.45. The van der Waals surface area contributed by atoms with Crippen LogP contribution in [0.3, 0.4) is 0 Å². The number of hydrogen-bond acceptors (Lipinski definition) is 5. The Hall–Kier alpha value is -0.200. The van der Waals surface area contributed by atoms with Gasteiger partial charge in [0.2, 0.25) is 5.79 Å². The van der Waals surface area contributed by atoms with Crippen LogP contribution in [0.15, 0.2) is 0 Å². The molecule has 0 rings (SSSR count). The fourth-order valence-corrected chi connectivity index (χ4v) is 0.706. The fraction of sp³-hybridized carbons (Fsp3) is 1.00. The van der Waals surface area contributed by atoms with Gasteiger partial charge in [-0.05, 0) is 6.92 Å². The summed E-state index contributed by atoms with van der Waals surface area (Å²) in [4.78, 5) is 0. The van der Waals surface area contributed by atoms with E-state index in [2.05, 4.69) is 0 Å². The second-order valence-corrected chi connectivity index (χ2v) is 2.54. The van der Waals surface area contributed by atoms with Crippen LogP contribution >= 0.6 is 0 Å². The first-order valence-corrected chi connectivity index (χ1v) is 3.69. The van der Waals surface area contributed by atoms with Crippen LogP contribution in [0.2, 0.25) is 0 Å². The minimum absolute atomic E-state index is 0.189. The Morgan fingerprint density at radius 2 is 1.75 bits per heavy atom. The Kier molecular flexibility index (Phi) is 5.36. The molecule has 0 aliphatic rings. The van der Waals surface area contributed by atoms with E-state index in [9.17, 15) is 0 Å². The van der Waals surface area contributed by atoms with Gasteiger partial charge in [-0.3, -0.25) is 0 Å². The molecule has 0 heterocycles. The van der Waals surface area contributed by atoms with Crippen LogP contribution in [-0.4, -0.2) is 54.1 Å². The monoisotopic (exact) mass is 180 g/mol. The third-order valence-electron chi connectivity index (χ3n) is 1.53. The number of ether oxygens (including phenoxy) is 2. The van der Waals surface area contributed by atoms with E-state index >= 15 is 0 Å². The summed E-state index contributed by atoms with van der Waals surface area (Å²) in [5, 5.41) is 26.3. The number of aliphatic hydroxyl groups is 3. The van der Waals surface area contributed by atoms with E-state index in [0.717, 1.165) is 0 Å². The van der Waals surface area contributed by atoms with Crippen LogP contribution in [-0.2, 0) is 9.47 Å². The zero-order valence-electron chi connectivity index (χ0n) is 7.36. The minimum Gasteiger partial charge on any atom is -0.394 e. The van der Waals surface area contributed by atoms with E-state index in [1.807, 2.05) is 0 Å². The molecule has 0 spiro atoms. The first kappa shape index (κ1) is 11.8.